The largest absolute Gasteiger partial charge is 0.452 e. The maximum atomic E-state index is 12.9. The summed E-state index contributed by atoms with van der Waals surface area (Å²) in [4.78, 5) is 36.8. The van der Waals surface area contributed by atoms with Gasteiger partial charge in [-0.2, -0.15) is 4.31 Å². The lowest BCUT2D eigenvalue weighted by molar-refractivity contribution is -0.130. The van der Waals surface area contributed by atoms with E-state index in [9.17, 15) is 22.8 Å². The van der Waals surface area contributed by atoms with Crippen LogP contribution in [-0.4, -0.2) is 68.3 Å². The molecule has 3 rings (SSSR count). The molecule has 152 valence electrons. The molecule has 0 atom stereocenters. The van der Waals surface area contributed by atoms with Gasteiger partial charge in [0.1, 0.15) is 0 Å². The Morgan fingerprint density at radius 2 is 1.86 bits per heavy atom. The number of aryl methyl sites for hydroxylation is 1. The first kappa shape index (κ1) is 20.3. The molecule has 2 heterocycles. The topological polar surface area (TPSA) is 113 Å². The average Bonchev–Trinajstić information content (AvgIpc) is 3.12. The Balaban J connectivity index is 1.72. The molecule has 2 aliphatic rings. The molecule has 3 amide bonds. The lowest BCUT2D eigenvalue weighted by Gasteiger charge is -2.26. The van der Waals surface area contributed by atoms with Crippen molar-refractivity contribution in [2.45, 2.75) is 31.1 Å². The molecule has 1 aromatic carbocycles. The smallest absolute Gasteiger partial charge is 0.338 e. The number of amides is 3. The van der Waals surface area contributed by atoms with Crippen molar-refractivity contribution in [1.82, 2.24) is 14.5 Å². The van der Waals surface area contributed by atoms with E-state index in [1.807, 2.05) is 0 Å². The number of carbonyl (C=O) groups is 3. The van der Waals surface area contributed by atoms with Crippen LogP contribution in [0.1, 0.15) is 35.2 Å². The number of imide groups is 1. The normalized spacial score (nSPS) is 18.0. The minimum Gasteiger partial charge on any atom is -0.452 e. The van der Waals surface area contributed by atoms with Crippen LogP contribution in [0.2, 0.25) is 0 Å². The fourth-order valence-electron chi connectivity index (χ4n) is 3.25. The summed E-state index contributed by atoms with van der Waals surface area (Å²) in [7, 11) is -3.70. The standard InChI is InChI=1S/C18H23N3O6S/c1-13-5-6-14(11-15(13)28(25,26)20-8-3-2-4-9-20)17(23)27-12-16(22)21-10-7-19-18(21)24/h5-6,11H,2-4,7-10,12H2,1H3,(H,19,24). The highest BCUT2D eigenvalue weighted by atomic mass is 32.2. The van der Waals surface area contributed by atoms with Gasteiger partial charge in [-0.3, -0.25) is 9.69 Å². The third kappa shape index (κ3) is 4.17. The number of urea groups is 1. The summed E-state index contributed by atoms with van der Waals surface area (Å²) in [5.74, 6) is -1.44. The highest BCUT2D eigenvalue weighted by molar-refractivity contribution is 7.89. The molecule has 10 heteroatoms. The van der Waals surface area contributed by atoms with Gasteiger partial charge in [0, 0.05) is 26.2 Å². The molecule has 0 spiro atoms. The monoisotopic (exact) mass is 409 g/mol. The van der Waals surface area contributed by atoms with E-state index < -0.39 is 34.5 Å². The van der Waals surface area contributed by atoms with Crippen molar-refractivity contribution in [2.75, 3.05) is 32.8 Å². The quantitative estimate of drug-likeness (QED) is 0.723. The molecular formula is C18H23N3O6S. The summed E-state index contributed by atoms with van der Waals surface area (Å²) in [6.07, 6.45) is 2.62. The van der Waals surface area contributed by atoms with Gasteiger partial charge in [-0.15, -0.1) is 0 Å². The second-order valence-corrected chi connectivity index (χ2v) is 8.70. The number of nitrogens with one attached hydrogen (secondary N) is 1. The number of benzene rings is 1. The van der Waals surface area contributed by atoms with E-state index in [2.05, 4.69) is 5.32 Å². The number of hydrogen-bond donors (Lipinski definition) is 1. The summed E-state index contributed by atoms with van der Waals surface area (Å²) in [6.45, 7) is 2.58. The molecule has 0 aromatic heterocycles. The Hall–Kier alpha value is -2.46. The average molecular weight is 409 g/mol. The number of nitrogens with zero attached hydrogens (tertiary/aromatic N) is 2. The van der Waals surface area contributed by atoms with E-state index in [1.54, 1.807) is 13.0 Å². The van der Waals surface area contributed by atoms with Gasteiger partial charge in [0.15, 0.2) is 6.61 Å². The van der Waals surface area contributed by atoms with Gasteiger partial charge >= 0.3 is 12.0 Å². The summed E-state index contributed by atoms with van der Waals surface area (Å²) >= 11 is 0. The van der Waals surface area contributed by atoms with Crippen LogP contribution in [0.15, 0.2) is 23.1 Å². The number of hydrogen-bond acceptors (Lipinski definition) is 6. The summed E-state index contributed by atoms with van der Waals surface area (Å²) < 4.78 is 32.3. The number of ether oxygens (including phenoxy) is 1. The van der Waals surface area contributed by atoms with Gasteiger partial charge in [-0.25, -0.2) is 18.0 Å². The Kier molecular flexibility index (Phi) is 5.99. The highest BCUT2D eigenvalue weighted by Gasteiger charge is 2.29. The lowest BCUT2D eigenvalue weighted by atomic mass is 10.1. The molecule has 2 aliphatic heterocycles. The fourth-order valence-corrected chi connectivity index (χ4v) is 5.02. The lowest BCUT2D eigenvalue weighted by Crippen LogP contribution is -2.37. The molecule has 28 heavy (non-hydrogen) atoms. The summed E-state index contributed by atoms with van der Waals surface area (Å²) in [5, 5.41) is 2.49. The highest BCUT2D eigenvalue weighted by Crippen LogP contribution is 2.24. The van der Waals surface area contributed by atoms with Gasteiger partial charge in [-0.05, 0) is 37.5 Å². The Morgan fingerprint density at radius 1 is 1.14 bits per heavy atom. The molecule has 2 fully saturated rings. The van der Waals surface area contributed by atoms with Crippen molar-refractivity contribution >= 4 is 27.9 Å². The molecule has 0 saturated carbocycles. The van der Waals surface area contributed by atoms with E-state index in [0.29, 0.717) is 25.2 Å². The molecule has 0 aliphatic carbocycles. The minimum absolute atomic E-state index is 0.0415. The first-order valence-electron chi connectivity index (χ1n) is 9.17. The zero-order valence-corrected chi connectivity index (χ0v) is 16.5. The van der Waals surface area contributed by atoms with Crippen LogP contribution in [0, 0.1) is 6.92 Å². The van der Waals surface area contributed by atoms with Gasteiger partial charge in [0.25, 0.3) is 5.91 Å². The fraction of sp³-hybridized carbons (Fsp3) is 0.500. The Bertz CT molecular complexity index is 893. The maximum absolute atomic E-state index is 12.9. The predicted octanol–water partition coefficient (Wildman–Crippen LogP) is 0.878. The number of piperidine rings is 1. The second kappa shape index (κ2) is 8.27. The predicted molar refractivity (Wildman–Crippen MR) is 99.2 cm³/mol. The molecular weight excluding hydrogens is 386 g/mol. The molecule has 2 saturated heterocycles. The first-order valence-corrected chi connectivity index (χ1v) is 10.6. The first-order chi connectivity index (χ1) is 13.3. The van der Waals surface area contributed by atoms with Crippen molar-refractivity contribution in [3.8, 4) is 0 Å². The minimum atomic E-state index is -3.70. The number of esters is 1. The van der Waals surface area contributed by atoms with Crippen LogP contribution >= 0.6 is 0 Å². The number of sulfonamides is 1. The van der Waals surface area contributed by atoms with Crippen LogP contribution in [-0.2, 0) is 19.6 Å². The van der Waals surface area contributed by atoms with E-state index in [1.165, 1.54) is 16.4 Å². The van der Waals surface area contributed by atoms with Crippen molar-refractivity contribution in [3.63, 3.8) is 0 Å². The summed E-state index contributed by atoms with van der Waals surface area (Å²) in [5.41, 5.74) is 0.576. The van der Waals surface area contributed by atoms with Crippen molar-refractivity contribution in [2.24, 2.45) is 0 Å². The van der Waals surface area contributed by atoms with Gasteiger partial charge in [0.2, 0.25) is 10.0 Å². The van der Waals surface area contributed by atoms with Gasteiger partial charge in [0.05, 0.1) is 10.5 Å². The van der Waals surface area contributed by atoms with Gasteiger partial charge < -0.3 is 10.1 Å². The van der Waals surface area contributed by atoms with Crippen LogP contribution in [0.5, 0.6) is 0 Å². The third-order valence-electron chi connectivity index (χ3n) is 4.84. The SMILES string of the molecule is Cc1ccc(C(=O)OCC(=O)N2CCNC2=O)cc1S(=O)(=O)N1CCCCC1. The van der Waals surface area contributed by atoms with Crippen molar-refractivity contribution < 1.29 is 27.5 Å². The zero-order valence-electron chi connectivity index (χ0n) is 15.6. The number of rotatable bonds is 5. The molecule has 0 bridgehead atoms. The Morgan fingerprint density at radius 3 is 2.50 bits per heavy atom. The van der Waals surface area contributed by atoms with E-state index in [0.717, 1.165) is 24.2 Å². The van der Waals surface area contributed by atoms with Crippen molar-refractivity contribution in [3.05, 3.63) is 29.3 Å². The molecule has 1 aromatic rings. The zero-order chi connectivity index (χ0) is 20.3. The summed E-state index contributed by atoms with van der Waals surface area (Å²) in [6, 6.07) is 3.77. The van der Waals surface area contributed by atoms with Crippen LogP contribution in [0.3, 0.4) is 0 Å². The van der Waals surface area contributed by atoms with E-state index in [-0.39, 0.29) is 17.0 Å². The van der Waals surface area contributed by atoms with E-state index in [4.69, 9.17) is 4.74 Å². The van der Waals surface area contributed by atoms with Crippen LogP contribution < -0.4 is 5.32 Å². The Labute approximate surface area is 163 Å². The molecule has 9 nitrogen and oxygen atoms in total. The van der Waals surface area contributed by atoms with Crippen LogP contribution in [0.4, 0.5) is 4.79 Å². The van der Waals surface area contributed by atoms with E-state index >= 15 is 0 Å². The molecule has 1 N–H and O–H groups in total. The third-order valence-corrected chi connectivity index (χ3v) is 6.88. The van der Waals surface area contributed by atoms with Crippen LogP contribution in [0.25, 0.3) is 0 Å². The maximum Gasteiger partial charge on any atom is 0.338 e. The van der Waals surface area contributed by atoms with Gasteiger partial charge in [-0.1, -0.05) is 12.5 Å². The molecule has 0 radical (unpaired) electrons. The number of carbonyl (C=O) groups excluding carboxylic acids is 3. The molecule has 0 unspecified atom stereocenters. The second-order valence-electron chi connectivity index (χ2n) is 6.80. The van der Waals surface area contributed by atoms with Crippen molar-refractivity contribution in [1.29, 1.82) is 0 Å².